The van der Waals surface area contributed by atoms with Gasteiger partial charge < -0.3 is 18.2 Å². The van der Waals surface area contributed by atoms with Crippen LogP contribution in [0.15, 0.2) is 0 Å². The zero-order valence-corrected chi connectivity index (χ0v) is 53.9. The van der Waals surface area contributed by atoms with Gasteiger partial charge in [0.05, 0.1) is 40.5 Å². The number of hydrogen-bond acceptors (Lipinski definition) is 20. The third-order valence-corrected chi connectivity index (χ3v) is 40.3. The Morgan fingerprint density at radius 2 is 0.571 bits per heavy atom. The van der Waals surface area contributed by atoms with E-state index in [9.17, 15) is 51.9 Å². The maximum Gasteiger partial charge on any atom is 0.0945 e. The average Bonchev–Trinajstić information content (AvgIpc) is 4.17. The lowest BCUT2D eigenvalue weighted by Gasteiger charge is -2.28. The zero-order chi connectivity index (χ0) is 53.9. The van der Waals surface area contributed by atoms with Crippen molar-refractivity contribution in [2.45, 2.75) is 214 Å². The summed E-state index contributed by atoms with van der Waals surface area (Å²) in [6.45, 7) is 2.37. The summed E-state index contributed by atoms with van der Waals surface area (Å²) in [5, 5.41) is 9.05. The first kappa shape index (κ1) is 59.8. The third-order valence-electron chi connectivity index (χ3n) is 21.8. The van der Waals surface area contributed by atoms with Gasteiger partial charge in [0, 0.05) is 102 Å². The molecule has 0 N–H and O–H groups in total. The van der Waals surface area contributed by atoms with Crippen LogP contribution in [-0.2, 0) is 40.5 Å². The fourth-order valence-electron chi connectivity index (χ4n) is 19.2. The van der Waals surface area contributed by atoms with Gasteiger partial charge >= 0.3 is 0 Å². The van der Waals surface area contributed by atoms with Crippen LogP contribution >= 0.6 is 94.1 Å². The summed E-state index contributed by atoms with van der Waals surface area (Å²) in [5.74, 6) is 7.47. The summed E-state index contributed by atoms with van der Waals surface area (Å²) in [4.78, 5) is 0. The minimum Gasteiger partial charge on any atom is -0.748 e. The van der Waals surface area contributed by atoms with Crippen LogP contribution in [0.2, 0.25) is 0 Å². The highest BCUT2D eigenvalue weighted by molar-refractivity contribution is 8.09. The van der Waals surface area contributed by atoms with Crippen molar-refractivity contribution in [3.63, 3.8) is 0 Å². The monoisotopic (exact) mass is 1290 g/mol. The van der Waals surface area contributed by atoms with Crippen LogP contribution in [0.3, 0.4) is 0 Å². The SMILES string of the molecule is CC1CC2C(CCCCS(=O)(=O)[O-])C3CC(C4CC5C(CCCCS(=O)(=O)[O-])C6CC(C7CC8C(CCCCS(=O)(=O)[O-])C9CC(C%10CC%11C(CCCCS(=O)(=O)[O-])C%12CCSC%12C%11S%10)SC9C8S7)SC6C5S4)SC3C2S1. The van der Waals surface area contributed by atoms with E-state index in [0.29, 0.717) is 175 Å². The lowest BCUT2D eigenvalue weighted by Crippen LogP contribution is -2.26. The van der Waals surface area contributed by atoms with E-state index in [0.717, 1.165) is 51.4 Å². The van der Waals surface area contributed by atoms with Crippen LogP contribution in [0.1, 0.15) is 135 Å². The molecule has 27 atom stereocenters. The van der Waals surface area contributed by atoms with Crippen molar-refractivity contribution in [3.05, 3.63) is 0 Å². The largest absolute Gasteiger partial charge is 0.748 e. The van der Waals surface area contributed by atoms with Crippen LogP contribution in [0.25, 0.3) is 0 Å². The summed E-state index contributed by atoms with van der Waals surface area (Å²) in [7, 11) is -16.9. The molecule has 12 nitrogen and oxygen atoms in total. The topological polar surface area (TPSA) is 229 Å². The van der Waals surface area contributed by atoms with Crippen LogP contribution in [-0.4, -0.2) is 159 Å². The Labute approximate surface area is 495 Å². The molecule has 77 heavy (non-hydrogen) atoms. The van der Waals surface area contributed by atoms with Crippen molar-refractivity contribution in [1.29, 1.82) is 0 Å². The zero-order valence-electron chi connectivity index (χ0n) is 44.1. The Kier molecular flexibility index (Phi) is 18.5. The van der Waals surface area contributed by atoms with E-state index >= 15 is 0 Å². The summed E-state index contributed by atoms with van der Waals surface area (Å²) in [6, 6.07) is 0. The van der Waals surface area contributed by atoms with E-state index in [-0.39, 0.29) is 23.0 Å². The smallest absolute Gasteiger partial charge is 0.0945 e. The minimum atomic E-state index is -4.26. The molecule has 27 unspecified atom stereocenters. The van der Waals surface area contributed by atoms with Gasteiger partial charge in [0.25, 0.3) is 0 Å². The first-order valence-electron chi connectivity index (χ1n) is 29.5. The van der Waals surface area contributed by atoms with Gasteiger partial charge in [-0.1, -0.05) is 32.6 Å². The lowest BCUT2D eigenvalue weighted by molar-refractivity contribution is 0.254. The number of thioether (sulfide) groups is 8. The molecule has 8 aliphatic heterocycles. The maximum absolute atomic E-state index is 11.7. The number of unbranched alkanes of at least 4 members (excludes halogenated alkanes) is 4. The van der Waals surface area contributed by atoms with Crippen LogP contribution in [0, 0.1) is 71.0 Å². The van der Waals surface area contributed by atoms with E-state index in [2.05, 4.69) is 101 Å². The van der Waals surface area contributed by atoms with E-state index in [4.69, 9.17) is 0 Å². The predicted octanol–water partition coefficient (Wildman–Crippen LogP) is 9.94. The van der Waals surface area contributed by atoms with E-state index in [1.165, 1.54) is 57.1 Å². The molecule has 12 fully saturated rings. The van der Waals surface area contributed by atoms with Gasteiger partial charge in [-0.25, -0.2) is 33.7 Å². The number of fused-ring (bicyclic) bond motifs is 12. The first-order chi connectivity index (χ1) is 36.5. The normalized spacial score (nSPS) is 48.6. The summed E-state index contributed by atoms with van der Waals surface area (Å²) in [6.07, 6.45) is 18.7. The lowest BCUT2D eigenvalue weighted by atomic mass is 9.78. The molecule has 4 saturated carbocycles. The second-order valence-corrected chi connectivity index (χ2v) is 43.6. The Morgan fingerprint density at radius 3 is 0.857 bits per heavy atom. The molecule has 0 aromatic rings. The fraction of sp³-hybridized carbons (Fsp3) is 1.00. The molecule has 440 valence electrons. The predicted molar refractivity (Wildman–Crippen MR) is 321 cm³/mol. The Hall–Kier alpha value is 2.44. The van der Waals surface area contributed by atoms with Gasteiger partial charge in [-0.2, -0.15) is 94.1 Å². The first-order valence-corrected chi connectivity index (χ1v) is 43.4. The van der Waals surface area contributed by atoms with E-state index < -0.39 is 40.5 Å². The van der Waals surface area contributed by atoms with Crippen LogP contribution in [0.5, 0.6) is 0 Å². The van der Waals surface area contributed by atoms with Gasteiger partial charge in [-0.15, -0.1) is 0 Å². The van der Waals surface area contributed by atoms with E-state index in [1.54, 1.807) is 0 Å². The molecule has 0 aromatic heterocycles. The van der Waals surface area contributed by atoms with Crippen LogP contribution < -0.4 is 0 Å². The fourth-order valence-corrected chi connectivity index (χ4v) is 38.9. The van der Waals surface area contributed by atoms with Gasteiger partial charge in [0.15, 0.2) is 0 Å². The molecule has 0 amide bonds. The highest BCUT2D eigenvalue weighted by atomic mass is 32.2. The second kappa shape index (κ2) is 23.8. The van der Waals surface area contributed by atoms with Crippen molar-refractivity contribution in [3.8, 4) is 0 Å². The molecule has 0 spiro atoms. The summed E-state index contributed by atoms with van der Waals surface area (Å²) < 4.78 is 139. The molecule has 0 radical (unpaired) electrons. The highest BCUT2D eigenvalue weighted by Crippen LogP contribution is 2.72. The Bertz CT molecular complexity index is 2580. The van der Waals surface area contributed by atoms with E-state index in [1.807, 2.05) is 0 Å². The maximum atomic E-state index is 11.7. The van der Waals surface area contributed by atoms with Gasteiger partial charge in [-0.3, -0.25) is 0 Å². The Morgan fingerprint density at radius 1 is 0.325 bits per heavy atom. The third kappa shape index (κ3) is 12.9. The van der Waals surface area contributed by atoms with Gasteiger partial charge in [0.1, 0.15) is 0 Å². The molecule has 12 aliphatic rings. The van der Waals surface area contributed by atoms with Crippen molar-refractivity contribution in [2.75, 3.05) is 28.8 Å². The molecular weight excluding hydrogens is 1210 g/mol. The molecule has 24 heteroatoms. The Balaban J connectivity index is 0.718. The highest BCUT2D eigenvalue weighted by Gasteiger charge is 2.66. The molecule has 0 aromatic carbocycles. The molecule has 4 aliphatic carbocycles. The van der Waals surface area contributed by atoms with Crippen molar-refractivity contribution in [2.24, 2.45) is 71.0 Å². The van der Waals surface area contributed by atoms with Crippen molar-refractivity contribution in [1.82, 2.24) is 0 Å². The van der Waals surface area contributed by atoms with Gasteiger partial charge in [0.2, 0.25) is 0 Å². The quantitative estimate of drug-likeness (QED) is 0.0684. The van der Waals surface area contributed by atoms with Crippen molar-refractivity contribution >= 4 is 135 Å². The molecule has 0 bridgehead atoms. The molecule has 8 heterocycles. The summed E-state index contributed by atoms with van der Waals surface area (Å²) >= 11 is 18.1. The van der Waals surface area contributed by atoms with Crippen LogP contribution in [0.4, 0.5) is 0 Å². The number of rotatable bonds is 23. The minimum absolute atomic E-state index is 0.261. The standard InChI is InChI=1S/C53H84O12S12/c1-27-20-33-29(11-3-7-17-75(57,58)59)35-22-42(69-49(35)48(33)67-27)43-24-37-31(13-5-9-19-77(63,64)65)39-26-45(73-53(39)52(37)71-43)44-25-38-30(12-4-8-18-76(60,61)62)36-23-41(70-50(36)51(38)72-44)40-21-34-28(10-2-6-16-74(54,55)56)32-14-15-66-46(32)47(34)68-40/h27-53H,2-26H2,1H3,(H,54,55,56)(H,57,58,59)(H,60,61,62)(H,63,64,65)/p-4. The summed E-state index contributed by atoms with van der Waals surface area (Å²) in [5.41, 5.74) is 0. The molecule has 8 saturated heterocycles. The second-order valence-electron chi connectivity index (χ2n) is 26.0. The number of hydrogen-bond donors (Lipinski definition) is 0. The average molecular weight is 1290 g/mol. The van der Waals surface area contributed by atoms with Gasteiger partial charge in [-0.05, 0) is 180 Å². The molecule has 12 rings (SSSR count). The van der Waals surface area contributed by atoms with Crippen molar-refractivity contribution < 1.29 is 51.9 Å². The molecular formula is C53H80O12S12-4.